The summed E-state index contributed by atoms with van der Waals surface area (Å²) in [5.41, 5.74) is 2.83. The molecule has 1 atom stereocenters. The summed E-state index contributed by atoms with van der Waals surface area (Å²) >= 11 is 0. The SMILES string of the molecule is O=C(C=Cc1ccc(OC(CCC2=CCCCC2)C(=O)O)cc1)c1ccccc1. The number of aliphatic carboxylic acids is 1. The molecule has 0 bridgehead atoms. The molecule has 3 rings (SSSR count). The van der Waals surface area contributed by atoms with Crippen molar-refractivity contribution in [1.82, 2.24) is 0 Å². The van der Waals surface area contributed by atoms with Crippen molar-refractivity contribution in [3.63, 3.8) is 0 Å². The number of allylic oxidation sites excluding steroid dienone is 3. The van der Waals surface area contributed by atoms with Crippen LogP contribution in [0.1, 0.15) is 54.4 Å². The molecule has 1 aliphatic carbocycles. The maximum absolute atomic E-state index is 12.1. The third-order valence-electron chi connectivity index (χ3n) is 5.03. The molecule has 0 aromatic heterocycles. The first-order valence-electron chi connectivity index (χ1n) is 10.1. The highest BCUT2D eigenvalue weighted by Crippen LogP contribution is 2.23. The van der Waals surface area contributed by atoms with E-state index in [4.69, 9.17) is 4.74 Å². The molecule has 4 nitrogen and oxygen atoms in total. The molecule has 0 aliphatic heterocycles. The van der Waals surface area contributed by atoms with E-state index in [1.165, 1.54) is 24.5 Å². The predicted molar refractivity (Wildman–Crippen MR) is 114 cm³/mol. The van der Waals surface area contributed by atoms with Crippen molar-refractivity contribution in [2.45, 2.75) is 44.6 Å². The molecule has 2 aromatic rings. The first kappa shape index (κ1) is 20.6. The summed E-state index contributed by atoms with van der Waals surface area (Å²) in [4.78, 5) is 23.7. The monoisotopic (exact) mass is 390 g/mol. The van der Waals surface area contributed by atoms with Crippen LogP contribution >= 0.6 is 0 Å². The highest BCUT2D eigenvalue weighted by Gasteiger charge is 2.20. The highest BCUT2D eigenvalue weighted by atomic mass is 16.5. The summed E-state index contributed by atoms with van der Waals surface area (Å²) in [5.74, 6) is -0.491. The van der Waals surface area contributed by atoms with Gasteiger partial charge in [-0.2, -0.15) is 0 Å². The summed E-state index contributed by atoms with van der Waals surface area (Å²) < 4.78 is 5.70. The quantitative estimate of drug-likeness (QED) is 0.339. The number of benzene rings is 2. The minimum Gasteiger partial charge on any atom is -0.479 e. The van der Waals surface area contributed by atoms with Crippen LogP contribution in [-0.2, 0) is 4.79 Å². The summed E-state index contributed by atoms with van der Waals surface area (Å²) in [6, 6.07) is 16.2. The second-order valence-corrected chi connectivity index (χ2v) is 7.22. The fourth-order valence-electron chi connectivity index (χ4n) is 3.37. The third-order valence-corrected chi connectivity index (χ3v) is 5.03. The molecule has 4 heteroatoms. The Morgan fingerprint density at radius 1 is 1.03 bits per heavy atom. The zero-order valence-electron chi connectivity index (χ0n) is 16.4. The number of carboxylic acid groups (broad SMARTS) is 1. The standard InChI is InChI=1S/C25H26O4/c26-23(21-9-5-2-6-10-21)17-13-20-11-15-22(16-12-20)29-24(25(27)28)18-14-19-7-3-1-4-8-19/h2,5-7,9-13,15-17,24H,1,3-4,8,14,18H2,(H,27,28). The lowest BCUT2D eigenvalue weighted by atomic mass is 9.95. The average molecular weight is 390 g/mol. The van der Waals surface area contributed by atoms with Crippen LogP contribution in [0.4, 0.5) is 0 Å². The van der Waals surface area contributed by atoms with Crippen LogP contribution in [0.15, 0.2) is 72.3 Å². The van der Waals surface area contributed by atoms with Gasteiger partial charge in [0.15, 0.2) is 11.9 Å². The van der Waals surface area contributed by atoms with Gasteiger partial charge in [0.25, 0.3) is 0 Å². The molecule has 0 saturated heterocycles. The van der Waals surface area contributed by atoms with Gasteiger partial charge in [-0.25, -0.2) is 4.79 Å². The van der Waals surface area contributed by atoms with Gasteiger partial charge in [0.05, 0.1) is 0 Å². The lowest BCUT2D eigenvalue weighted by Gasteiger charge is -2.18. The first-order valence-corrected chi connectivity index (χ1v) is 10.1. The Morgan fingerprint density at radius 2 is 1.79 bits per heavy atom. The van der Waals surface area contributed by atoms with Gasteiger partial charge in [0.2, 0.25) is 0 Å². The molecular formula is C25H26O4. The molecule has 1 unspecified atom stereocenters. The Kier molecular flexibility index (Phi) is 7.40. The van der Waals surface area contributed by atoms with Crippen molar-refractivity contribution in [1.29, 1.82) is 0 Å². The topological polar surface area (TPSA) is 63.6 Å². The highest BCUT2D eigenvalue weighted by molar-refractivity contribution is 6.06. The van der Waals surface area contributed by atoms with E-state index in [1.54, 1.807) is 30.3 Å². The van der Waals surface area contributed by atoms with Gasteiger partial charge in [-0.3, -0.25) is 4.79 Å². The number of ketones is 1. The summed E-state index contributed by atoms with van der Waals surface area (Å²) in [5, 5.41) is 9.48. The number of carbonyl (C=O) groups is 2. The Bertz CT molecular complexity index is 879. The summed E-state index contributed by atoms with van der Waals surface area (Å²) in [6.07, 6.45) is 10.4. The van der Waals surface area contributed by atoms with Crippen LogP contribution in [0.5, 0.6) is 5.75 Å². The Balaban J connectivity index is 1.56. The van der Waals surface area contributed by atoms with Crippen molar-refractivity contribution in [3.05, 3.63) is 83.4 Å². The number of hydrogen-bond acceptors (Lipinski definition) is 3. The van der Waals surface area contributed by atoms with Crippen molar-refractivity contribution in [3.8, 4) is 5.75 Å². The molecule has 2 aromatic carbocycles. The Labute approximate surface area is 171 Å². The number of carboxylic acids is 1. The molecule has 0 spiro atoms. The zero-order chi connectivity index (χ0) is 20.5. The second kappa shape index (κ2) is 10.4. The second-order valence-electron chi connectivity index (χ2n) is 7.22. The van der Waals surface area contributed by atoms with Crippen LogP contribution in [0, 0.1) is 0 Å². The van der Waals surface area contributed by atoms with Crippen LogP contribution in [0.3, 0.4) is 0 Å². The van der Waals surface area contributed by atoms with Crippen molar-refractivity contribution < 1.29 is 19.4 Å². The normalized spacial score (nSPS) is 15.0. The average Bonchev–Trinajstić information content (AvgIpc) is 2.77. The number of ether oxygens (including phenoxy) is 1. The molecule has 150 valence electrons. The maximum atomic E-state index is 12.1. The van der Waals surface area contributed by atoms with Gasteiger partial charge >= 0.3 is 5.97 Å². The van der Waals surface area contributed by atoms with Gasteiger partial charge < -0.3 is 9.84 Å². The van der Waals surface area contributed by atoms with E-state index in [0.29, 0.717) is 17.7 Å². The number of hydrogen-bond donors (Lipinski definition) is 1. The Morgan fingerprint density at radius 3 is 2.45 bits per heavy atom. The molecule has 0 fully saturated rings. The van der Waals surface area contributed by atoms with Crippen molar-refractivity contribution >= 4 is 17.8 Å². The molecule has 0 heterocycles. The van der Waals surface area contributed by atoms with Gasteiger partial charge in [0, 0.05) is 5.56 Å². The van der Waals surface area contributed by atoms with Crippen LogP contribution in [0.25, 0.3) is 6.08 Å². The molecule has 1 N–H and O–H groups in total. The predicted octanol–water partition coefficient (Wildman–Crippen LogP) is 5.70. The van der Waals surface area contributed by atoms with Crippen molar-refractivity contribution in [2.75, 3.05) is 0 Å². The lowest BCUT2D eigenvalue weighted by molar-refractivity contribution is -0.145. The summed E-state index contributed by atoms with van der Waals surface area (Å²) in [6.45, 7) is 0. The molecule has 29 heavy (non-hydrogen) atoms. The van der Waals surface area contributed by atoms with Crippen LogP contribution in [0.2, 0.25) is 0 Å². The molecule has 1 aliphatic rings. The van der Waals surface area contributed by atoms with E-state index in [9.17, 15) is 14.7 Å². The van der Waals surface area contributed by atoms with E-state index in [0.717, 1.165) is 24.8 Å². The van der Waals surface area contributed by atoms with E-state index < -0.39 is 12.1 Å². The summed E-state index contributed by atoms with van der Waals surface area (Å²) in [7, 11) is 0. The van der Waals surface area contributed by atoms with E-state index in [1.807, 2.05) is 30.3 Å². The molecule has 0 saturated carbocycles. The van der Waals surface area contributed by atoms with E-state index >= 15 is 0 Å². The van der Waals surface area contributed by atoms with Gasteiger partial charge in [-0.15, -0.1) is 0 Å². The van der Waals surface area contributed by atoms with Gasteiger partial charge in [-0.05, 0) is 62.3 Å². The van der Waals surface area contributed by atoms with Crippen LogP contribution in [-0.4, -0.2) is 23.0 Å². The zero-order valence-corrected chi connectivity index (χ0v) is 16.4. The maximum Gasteiger partial charge on any atom is 0.344 e. The minimum absolute atomic E-state index is 0.0612. The number of carbonyl (C=O) groups excluding carboxylic acids is 1. The fraction of sp³-hybridized carbons (Fsp3) is 0.280. The minimum atomic E-state index is -0.946. The molecular weight excluding hydrogens is 364 g/mol. The van der Waals surface area contributed by atoms with Crippen LogP contribution < -0.4 is 4.74 Å². The van der Waals surface area contributed by atoms with Gasteiger partial charge in [0.1, 0.15) is 5.75 Å². The van der Waals surface area contributed by atoms with Crippen molar-refractivity contribution in [2.24, 2.45) is 0 Å². The van der Waals surface area contributed by atoms with Gasteiger partial charge in [-0.1, -0.05) is 60.2 Å². The first-order chi connectivity index (χ1) is 14.1. The van der Waals surface area contributed by atoms with E-state index in [2.05, 4.69) is 6.08 Å². The fourth-order valence-corrected chi connectivity index (χ4v) is 3.37. The largest absolute Gasteiger partial charge is 0.479 e. The Hall–Kier alpha value is -3.14. The third kappa shape index (κ3) is 6.46. The molecule has 0 amide bonds. The number of rotatable bonds is 9. The van der Waals surface area contributed by atoms with E-state index in [-0.39, 0.29) is 5.78 Å². The smallest absolute Gasteiger partial charge is 0.344 e. The lowest BCUT2D eigenvalue weighted by Crippen LogP contribution is -2.27. The molecule has 0 radical (unpaired) electrons.